The number of thiazole rings is 1. The molecule has 0 radical (unpaired) electrons. The smallest absolute Gasteiger partial charge is 0.126 e. The molecule has 0 spiro atoms. The largest absolute Gasteiger partial charge is 0.300 e. The lowest BCUT2D eigenvalue weighted by molar-refractivity contribution is -0.114. The molecule has 0 unspecified atom stereocenters. The highest BCUT2D eigenvalue weighted by Crippen LogP contribution is 1.98. The molecule has 1 heterocycles. The van der Waals surface area contributed by atoms with Crippen LogP contribution in [0.2, 0.25) is 0 Å². The highest BCUT2D eigenvalue weighted by molar-refractivity contribution is 7.09. The van der Waals surface area contributed by atoms with Crippen molar-refractivity contribution in [1.29, 1.82) is 0 Å². The van der Waals surface area contributed by atoms with E-state index in [-0.39, 0.29) is 5.78 Å². The molecular weight excluding hydrogens is 170 g/mol. The number of Topliss-reactive ketones (excluding diaryl/α,β-unsaturated/α-hetero) is 1. The minimum Gasteiger partial charge on any atom is -0.300 e. The second-order valence-electron chi connectivity index (χ2n) is 1.96. The monoisotopic (exact) mass is 187 g/mol. The Hall–Kier alpha value is -0.700. The van der Waals surface area contributed by atoms with Gasteiger partial charge in [0.15, 0.2) is 0 Å². The van der Waals surface area contributed by atoms with Crippen molar-refractivity contribution in [2.45, 2.75) is 34.6 Å². The van der Waals surface area contributed by atoms with E-state index in [0.29, 0.717) is 0 Å². The summed E-state index contributed by atoms with van der Waals surface area (Å²) in [4.78, 5) is 13.4. The van der Waals surface area contributed by atoms with Gasteiger partial charge in [-0.2, -0.15) is 0 Å². The van der Waals surface area contributed by atoms with Crippen LogP contribution in [0.15, 0.2) is 11.6 Å². The van der Waals surface area contributed by atoms with Crippen LogP contribution in [0.25, 0.3) is 0 Å². The molecule has 0 aromatic carbocycles. The number of hydrogen-bond acceptors (Lipinski definition) is 3. The predicted octanol–water partition coefficient (Wildman–Crippen LogP) is 3.07. The molecule has 0 atom stereocenters. The SMILES string of the molecule is CC.CC(C)=O.Cc1nccs1. The fourth-order valence-corrected chi connectivity index (χ4v) is 0.735. The molecule has 1 aromatic heterocycles. The second kappa shape index (κ2) is 10.3. The molecule has 0 aliphatic carbocycles. The average molecular weight is 187 g/mol. The average Bonchev–Trinajstić information content (AvgIpc) is 2.43. The van der Waals surface area contributed by atoms with E-state index >= 15 is 0 Å². The second-order valence-corrected chi connectivity index (χ2v) is 3.06. The molecule has 0 fully saturated rings. The molecule has 0 saturated carbocycles. The van der Waals surface area contributed by atoms with Crippen molar-refractivity contribution < 1.29 is 4.79 Å². The molecular formula is C9H17NOS. The Balaban J connectivity index is 0. The van der Waals surface area contributed by atoms with Gasteiger partial charge in [-0.25, -0.2) is 0 Å². The number of aryl methyl sites for hydroxylation is 1. The van der Waals surface area contributed by atoms with Gasteiger partial charge in [-0.15, -0.1) is 11.3 Å². The lowest BCUT2D eigenvalue weighted by Crippen LogP contribution is -1.69. The molecule has 0 saturated heterocycles. The van der Waals surface area contributed by atoms with E-state index in [0.717, 1.165) is 5.01 Å². The number of nitrogens with zero attached hydrogens (tertiary/aromatic N) is 1. The van der Waals surface area contributed by atoms with Crippen LogP contribution in [0.5, 0.6) is 0 Å². The molecule has 70 valence electrons. The maximum absolute atomic E-state index is 9.44. The molecule has 0 N–H and O–H groups in total. The van der Waals surface area contributed by atoms with E-state index in [1.54, 1.807) is 17.5 Å². The van der Waals surface area contributed by atoms with Crippen molar-refractivity contribution >= 4 is 17.1 Å². The van der Waals surface area contributed by atoms with Gasteiger partial charge in [0.05, 0.1) is 5.01 Å². The molecule has 2 nitrogen and oxygen atoms in total. The number of rotatable bonds is 0. The minimum atomic E-state index is 0.167. The van der Waals surface area contributed by atoms with Gasteiger partial charge < -0.3 is 4.79 Å². The number of carbonyl (C=O) groups is 1. The van der Waals surface area contributed by atoms with Crippen molar-refractivity contribution in [2.75, 3.05) is 0 Å². The third kappa shape index (κ3) is 16.1. The summed E-state index contributed by atoms with van der Waals surface area (Å²) in [6, 6.07) is 0. The molecule has 0 aliphatic heterocycles. The molecule has 12 heavy (non-hydrogen) atoms. The zero-order chi connectivity index (χ0) is 9.98. The van der Waals surface area contributed by atoms with Gasteiger partial charge in [-0.3, -0.25) is 4.98 Å². The molecule has 3 heteroatoms. The zero-order valence-electron chi connectivity index (χ0n) is 8.42. The van der Waals surface area contributed by atoms with E-state index in [1.165, 1.54) is 13.8 Å². The van der Waals surface area contributed by atoms with E-state index in [1.807, 2.05) is 26.2 Å². The fourth-order valence-electron chi connectivity index (χ4n) is 0.295. The third-order valence-electron chi connectivity index (χ3n) is 0.556. The van der Waals surface area contributed by atoms with E-state index in [4.69, 9.17) is 0 Å². The number of carbonyl (C=O) groups excluding carboxylic acids is 1. The van der Waals surface area contributed by atoms with Crippen LogP contribution in [0, 0.1) is 6.92 Å². The molecule has 0 amide bonds. The first-order valence-electron chi connectivity index (χ1n) is 3.96. The maximum Gasteiger partial charge on any atom is 0.126 e. The lowest BCUT2D eigenvalue weighted by atomic mass is 10.6. The van der Waals surface area contributed by atoms with Crippen molar-refractivity contribution in [1.82, 2.24) is 4.98 Å². The van der Waals surface area contributed by atoms with Crippen molar-refractivity contribution in [3.8, 4) is 0 Å². The third-order valence-corrected chi connectivity index (χ3v) is 1.26. The van der Waals surface area contributed by atoms with Gasteiger partial charge in [-0.1, -0.05) is 13.8 Å². The van der Waals surface area contributed by atoms with E-state index in [9.17, 15) is 4.79 Å². The quantitative estimate of drug-likeness (QED) is 0.624. The van der Waals surface area contributed by atoms with Gasteiger partial charge in [0.1, 0.15) is 5.78 Å². The van der Waals surface area contributed by atoms with Gasteiger partial charge in [0.2, 0.25) is 0 Å². The van der Waals surface area contributed by atoms with E-state index in [2.05, 4.69) is 4.98 Å². The zero-order valence-corrected chi connectivity index (χ0v) is 9.23. The fraction of sp³-hybridized carbons (Fsp3) is 0.556. The minimum absolute atomic E-state index is 0.167. The van der Waals surface area contributed by atoms with Crippen LogP contribution >= 0.6 is 11.3 Å². The van der Waals surface area contributed by atoms with Crippen LogP contribution in [0.3, 0.4) is 0 Å². The van der Waals surface area contributed by atoms with E-state index < -0.39 is 0 Å². The Morgan fingerprint density at radius 2 is 1.83 bits per heavy atom. The summed E-state index contributed by atoms with van der Waals surface area (Å²) < 4.78 is 0. The van der Waals surface area contributed by atoms with Gasteiger partial charge in [-0.05, 0) is 20.8 Å². The van der Waals surface area contributed by atoms with Crippen LogP contribution in [0.1, 0.15) is 32.7 Å². The van der Waals surface area contributed by atoms with Gasteiger partial charge >= 0.3 is 0 Å². The first-order valence-corrected chi connectivity index (χ1v) is 4.84. The van der Waals surface area contributed by atoms with Crippen molar-refractivity contribution in [3.05, 3.63) is 16.6 Å². The topological polar surface area (TPSA) is 30.0 Å². The van der Waals surface area contributed by atoms with Crippen molar-refractivity contribution in [3.63, 3.8) is 0 Å². The summed E-state index contributed by atoms with van der Waals surface area (Å²) in [5.41, 5.74) is 0. The number of aromatic nitrogens is 1. The Morgan fingerprint density at radius 1 is 1.42 bits per heavy atom. The number of ketones is 1. The standard InChI is InChI=1S/C4H5NS.C3H6O.C2H6/c1-4-5-2-3-6-4;1-3(2)4;1-2/h2-3H,1H3;1-2H3;1-2H3. The molecule has 1 rings (SSSR count). The van der Waals surface area contributed by atoms with Gasteiger partial charge in [0, 0.05) is 11.6 Å². The van der Waals surface area contributed by atoms with Gasteiger partial charge in [0.25, 0.3) is 0 Å². The molecule has 0 aliphatic rings. The van der Waals surface area contributed by atoms with Crippen LogP contribution in [-0.4, -0.2) is 10.8 Å². The first-order chi connectivity index (χ1) is 5.63. The highest BCUT2D eigenvalue weighted by atomic mass is 32.1. The highest BCUT2D eigenvalue weighted by Gasteiger charge is 1.76. The predicted molar refractivity (Wildman–Crippen MR) is 54.6 cm³/mol. The van der Waals surface area contributed by atoms with Crippen molar-refractivity contribution in [2.24, 2.45) is 0 Å². The van der Waals surface area contributed by atoms with Crippen LogP contribution in [0.4, 0.5) is 0 Å². The lowest BCUT2D eigenvalue weighted by Gasteiger charge is -1.65. The first kappa shape index (κ1) is 13.9. The Kier molecular flexibility index (Phi) is 11.9. The summed E-state index contributed by atoms with van der Waals surface area (Å²) in [6.45, 7) is 9.05. The number of hydrogen-bond donors (Lipinski definition) is 0. The Labute approximate surface area is 78.7 Å². The maximum atomic E-state index is 9.44. The summed E-state index contributed by atoms with van der Waals surface area (Å²) in [7, 11) is 0. The van der Waals surface area contributed by atoms with Crippen LogP contribution in [-0.2, 0) is 4.79 Å². The Bertz CT molecular complexity index is 178. The molecule has 1 aromatic rings. The summed E-state index contributed by atoms with van der Waals surface area (Å²) in [6.07, 6.45) is 1.81. The summed E-state index contributed by atoms with van der Waals surface area (Å²) in [5, 5.41) is 3.10. The summed E-state index contributed by atoms with van der Waals surface area (Å²) >= 11 is 1.67. The van der Waals surface area contributed by atoms with Crippen LogP contribution < -0.4 is 0 Å². The normalized spacial score (nSPS) is 7.08. The Morgan fingerprint density at radius 3 is 1.92 bits per heavy atom. The summed E-state index contributed by atoms with van der Waals surface area (Å²) in [5.74, 6) is 0.167. The molecule has 0 bridgehead atoms.